The van der Waals surface area contributed by atoms with Gasteiger partial charge in [-0.25, -0.2) is 4.98 Å². The van der Waals surface area contributed by atoms with Gasteiger partial charge in [-0.15, -0.1) is 0 Å². The van der Waals surface area contributed by atoms with Crippen molar-refractivity contribution < 1.29 is 0 Å². The van der Waals surface area contributed by atoms with Crippen molar-refractivity contribution >= 4 is 16.5 Å². The summed E-state index contributed by atoms with van der Waals surface area (Å²) in [7, 11) is 2.08. The van der Waals surface area contributed by atoms with Gasteiger partial charge in [0.25, 0.3) is 0 Å². The smallest absolute Gasteiger partial charge is 0.185 e. The summed E-state index contributed by atoms with van der Waals surface area (Å²) < 4.78 is 0. The van der Waals surface area contributed by atoms with Gasteiger partial charge in [0.1, 0.15) is 0 Å². The van der Waals surface area contributed by atoms with Gasteiger partial charge in [0.05, 0.1) is 5.69 Å². The normalized spacial score (nSPS) is 27.5. The zero-order chi connectivity index (χ0) is 15.3. The molecule has 1 saturated heterocycles. The zero-order valence-corrected chi connectivity index (χ0v) is 14.9. The highest BCUT2D eigenvalue weighted by molar-refractivity contribution is 7.15. The molecular formula is C17H29N3S. The molecule has 1 atom stereocenters. The van der Waals surface area contributed by atoms with Crippen molar-refractivity contribution in [2.24, 2.45) is 10.8 Å². The SMILES string of the molecule is CNC1CC(C)(C)Cc2nc(N3CCCC(C)(C)C3)sc21. The van der Waals surface area contributed by atoms with Crippen molar-refractivity contribution in [2.75, 3.05) is 25.0 Å². The lowest BCUT2D eigenvalue weighted by Crippen LogP contribution is -2.40. The molecule has 1 N–H and O–H groups in total. The van der Waals surface area contributed by atoms with E-state index in [0.717, 1.165) is 13.0 Å². The van der Waals surface area contributed by atoms with Gasteiger partial charge in [0.2, 0.25) is 0 Å². The second kappa shape index (κ2) is 5.24. The van der Waals surface area contributed by atoms with E-state index in [1.807, 2.05) is 11.3 Å². The van der Waals surface area contributed by atoms with Crippen molar-refractivity contribution in [1.82, 2.24) is 10.3 Å². The summed E-state index contributed by atoms with van der Waals surface area (Å²) in [6.45, 7) is 11.8. The third-order valence-corrected chi connectivity index (χ3v) is 6.23. The molecule has 2 aliphatic rings. The summed E-state index contributed by atoms with van der Waals surface area (Å²) >= 11 is 1.93. The molecule has 1 unspecified atom stereocenters. The number of aromatic nitrogens is 1. The van der Waals surface area contributed by atoms with Crippen LogP contribution in [-0.4, -0.2) is 25.1 Å². The molecule has 4 heteroatoms. The summed E-state index contributed by atoms with van der Waals surface area (Å²) in [4.78, 5) is 9.04. The molecule has 2 heterocycles. The summed E-state index contributed by atoms with van der Waals surface area (Å²) in [5.41, 5.74) is 2.12. The van der Waals surface area contributed by atoms with Gasteiger partial charge in [-0.1, -0.05) is 39.0 Å². The first-order chi connectivity index (χ1) is 9.80. The number of thiazole rings is 1. The molecular weight excluding hydrogens is 278 g/mol. The average molecular weight is 308 g/mol. The quantitative estimate of drug-likeness (QED) is 0.895. The fourth-order valence-electron chi connectivity index (χ4n) is 3.88. The lowest BCUT2D eigenvalue weighted by molar-refractivity contribution is 0.265. The molecule has 0 aromatic carbocycles. The molecule has 3 nitrogen and oxygen atoms in total. The molecule has 0 radical (unpaired) electrons. The van der Waals surface area contributed by atoms with Crippen molar-refractivity contribution in [1.29, 1.82) is 0 Å². The number of nitrogens with zero attached hydrogens (tertiary/aromatic N) is 2. The Bertz CT molecular complexity index is 518. The minimum Gasteiger partial charge on any atom is -0.348 e. The minimum atomic E-state index is 0.354. The number of rotatable bonds is 2. The molecule has 1 fully saturated rings. The van der Waals surface area contributed by atoms with E-state index in [1.54, 1.807) is 0 Å². The number of nitrogens with one attached hydrogen (secondary N) is 1. The topological polar surface area (TPSA) is 28.2 Å². The van der Waals surface area contributed by atoms with E-state index in [9.17, 15) is 0 Å². The van der Waals surface area contributed by atoms with Crippen LogP contribution in [0.4, 0.5) is 5.13 Å². The highest BCUT2D eigenvalue weighted by Crippen LogP contribution is 2.45. The maximum absolute atomic E-state index is 5.04. The summed E-state index contributed by atoms with van der Waals surface area (Å²) in [6, 6.07) is 0.479. The van der Waals surface area contributed by atoms with E-state index in [1.165, 1.54) is 41.5 Å². The molecule has 1 aliphatic heterocycles. The first-order valence-corrected chi connectivity index (χ1v) is 9.03. The largest absolute Gasteiger partial charge is 0.348 e. The highest BCUT2D eigenvalue weighted by Gasteiger charge is 2.36. The second-order valence-electron chi connectivity index (χ2n) is 8.38. The van der Waals surface area contributed by atoms with Crippen molar-refractivity contribution in [3.05, 3.63) is 10.6 Å². The molecule has 0 amide bonds. The predicted octanol–water partition coefficient (Wildman–Crippen LogP) is 4.00. The lowest BCUT2D eigenvalue weighted by atomic mass is 9.76. The maximum atomic E-state index is 5.04. The van der Waals surface area contributed by atoms with Crippen LogP contribution in [0, 0.1) is 10.8 Å². The fourth-order valence-corrected chi connectivity index (χ4v) is 5.09. The van der Waals surface area contributed by atoms with Gasteiger partial charge in [-0.2, -0.15) is 0 Å². The monoisotopic (exact) mass is 307 g/mol. The standard InChI is InChI=1S/C17H29N3S/c1-16(2)7-6-8-20(11-16)15-19-13-10-17(3,4)9-12(18-5)14(13)21-15/h12,18H,6-11H2,1-5H3. The van der Waals surface area contributed by atoms with Crippen LogP contribution in [0.3, 0.4) is 0 Å². The molecule has 1 aliphatic carbocycles. The molecule has 0 spiro atoms. The van der Waals surface area contributed by atoms with Crippen LogP contribution in [0.15, 0.2) is 0 Å². The summed E-state index contributed by atoms with van der Waals surface area (Å²) in [6.07, 6.45) is 4.96. The van der Waals surface area contributed by atoms with Gasteiger partial charge in [-0.3, -0.25) is 0 Å². The first-order valence-electron chi connectivity index (χ1n) is 8.21. The Balaban J connectivity index is 1.88. The Morgan fingerprint density at radius 1 is 1.24 bits per heavy atom. The number of hydrogen-bond donors (Lipinski definition) is 1. The van der Waals surface area contributed by atoms with Gasteiger partial charge < -0.3 is 10.2 Å². The molecule has 0 saturated carbocycles. The van der Waals surface area contributed by atoms with Crippen molar-refractivity contribution in [3.8, 4) is 0 Å². The van der Waals surface area contributed by atoms with Crippen LogP contribution >= 0.6 is 11.3 Å². The minimum absolute atomic E-state index is 0.354. The van der Waals surface area contributed by atoms with E-state index >= 15 is 0 Å². The van der Waals surface area contributed by atoms with Crippen molar-refractivity contribution in [3.63, 3.8) is 0 Å². The lowest BCUT2D eigenvalue weighted by Gasteiger charge is -2.37. The van der Waals surface area contributed by atoms with Gasteiger partial charge >= 0.3 is 0 Å². The predicted molar refractivity (Wildman–Crippen MR) is 91.2 cm³/mol. The van der Waals surface area contributed by atoms with Gasteiger partial charge in [0, 0.05) is 24.0 Å². The Morgan fingerprint density at radius 3 is 2.67 bits per heavy atom. The van der Waals surface area contributed by atoms with Gasteiger partial charge in [-0.05, 0) is 43.6 Å². The average Bonchev–Trinajstić information content (AvgIpc) is 2.78. The molecule has 1 aromatic heterocycles. The zero-order valence-electron chi connectivity index (χ0n) is 14.1. The van der Waals surface area contributed by atoms with E-state index in [4.69, 9.17) is 4.98 Å². The van der Waals surface area contributed by atoms with E-state index in [2.05, 4.69) is 45.0 Å². The number of piperidine rings is 1. The van der Waals surface area contributed by atoms with Crippen LogP contribution in [0.5, 0.6) is 0 Å². The second-order valence-corrected chi connectivity index (χ2v) is 9.39. The molecule has 21 heavy (non-hydrogen) atoms. The van der Waals surface area contributed by atoms with Gasteiger partial charge in [0.15, 0.2) is 5.13 Å². The van der Waals surface area contributed by atoms with Crippen molar-refractivity contribution in [2.45, 2.75) is 59.4 Å². The fraction of sp³-hybridized carbons (Fsp3) is 0.824. The summed E-state index contributed by atoms with van der Waals surface area (Å²) in [5.74, 6) is 0. The number of hydrogen-bond acceptors (Lipinski definition) is 4. The van der Waals surface area contributed by atoms with Crippen LogP contribution < -0.4 is 10.2 Å². The third-order valence-electron chi connectivity index (χ3n) is 4.95. The van der Waals surface area contributed by atoms with E-state index in [0.29, 0.717) is 16.9 Å². The number of fused-ring (bicyclic) bond motifs is 1. The highest BCUT2D eigenvalue weighted by atomic mass is 32.1. The molecule has 0 bridgehead atoms. The van der Waals surface area contributed by atoms with E-state index < -0.39 is 0 Å². The number of anilines is 1. The Hall–Kier alpha value is -0.610. The maximum Gasteiger partial charge on any atom is 0.185 e. The Kier molecular flexibility index (Phi) is 3.81. The van der Waals surface area contributed by atoms with Crippen LogP contribution in [0.1, 0.15) is 63.6 Å². The Labute approximate surface area is 133 Å². The molecule has 1 aromatic rings. The summed E-state index contributed by atoms with van der Waals surface area (Å²) in [5, 5.41) is 4.76. The third kappa shape index (κ3) is 3.11. The first kappa shape index (κ1) is 15.3. The van der Waals surface area contributed by atoms with Crippen LogP contribution in [0.2, 0.25) is 0 Å². The van der Waals surface area contributed by atoms with E-state index in [-0.39, 0.29) is 0 Å². The molecule has 3 rings (SSSR count). The van der Waals surface area contributed by atoms with Crippen LogP contribution in [0.25, 0.3) is 0 Å². The Morgan fingerprint density at radius 2 is 2.00 bits per heavy atom. The van der Waals surface area contributed by atoms with Crippen LogP contribution in [-0.2, 0) is 6.42 Å². The molecule has 118 valence electrons.